The van der Waals surface area contributed by atoms with Crippen molar-refractivity contribution >= 4 is 24.4 Å². The SMILES string of the molecule is CCOC(=O)N1CCN(CCC(O)COCCCOCC(O)CNCCN)CC1.CCOC(=O)N1CCN(CCC(O)COCCCOCC2CO2)CC1.CCOC(=O)N1CCNCC1.CCOCC(O)CCN1CCN(C(=O)OCC)CC1.CCOCC1CO1. The summed E-state index contributed by atoms with van der Waals surface area (Å²) in [6, 6.07) is 0. The molecule has 91 heavy (non-hydrogen) atoms. The van der Waals surface area contributed by atoms with Crippen LogP contribution in [0.25, 0.3) is 0 Å². The van der Waals surface area contributed by atoms with Gasteiger partial charge in [-0.2, -0.15) is 0 Å². The van der Waals surface area contributed by atoms with Crippen molar-refractivity contribution in [3.63, 3.8) is 0 Å². The number of carbonyl (C=O) groups is 4. The zero-order valence-electron chi connectivity index (χ0n) is 56.3. The molecule has 6 heterocycles. The molecule has 0 saturated carbocycles. The number of piperazine rings is 4. The van der Waals surface area contributed by atoms with E-state index in [4.69, 9.17) is 62.6 Å². The lowest BCUT2D eigenvalue weighted by Gasteiger charge is -2.34. The molecule has 536 valence electrons. The standard InChI is InChI=1S/C19H40N4O6.C17H32N2O6.C13H26N2O4.C7H14N2O2.C5H10O2/c1-2-29-19(26)23-10-8-22(9-11-23)7-4-17(24)15-27-12-3-13-28-16-18(25)14-21-6-5-20;1-2-24-17(21)19-8-6-18(7-9-19)5-4-15(20)12-22-10-3-11-23-13-16-14-25-16;1-3-18-11-12(16)5-6-14-7-9-15(10-8-14)13(17)19-4-2;1-2-11-7(10)9-5-3-8-4-6-9;1-2-6-3-5-4-7-5/h17-18,21,24-25H,2-16,20H2,1H3;15-16,20H,2-14H2,1H3;12,16H,3-11H2,1-2H3;8H,2-6H2,1H3;5H,2-4H2,1H3. The number of aliphatic hydroxyl groups is 4. The minimum atomic E-state index is -0.538. The highest BCUT2D eigenvalue weighted by atomic mass is 16.6. The summed E-state index contributed by atoms with van der Waals surface area (Å²) in [6.45, 7) is 37.4. The minimum absolute atomic E-state index is 0.186. The van der Waals surface area contributed by atoms with Crippen molar-refractivity contribution in [2.45, 2.75) is 110 Å². The summed E-state index contributed by atoms with van der Waals surface area (Å²) in [6.07, 6.45) is 1.51. The Morgan fingerprint density at radius 1 is 0.451 bits per heavy atom. The first-order chi connectivity index (χ1) is 44.2. The molecule has 8 N–H and O–H groups in total. The van der Waals surface area contributed by atoms with Gasteiger partial charge >= 0.3 is 24.4 Å². The summed E-state index contributed by atoms with van der Waals surface area (Å²) < 4.78 is 61.8. The van der Waals surface area contributed by atoms with Crippen LogP contribution in [0.5, 0.6) is 0 Å². The van der Waals surface area contributed by atoms with Crippen LogP contribution in [0.4, 0.5) is 19.2 Å². The number of nitrogens with zero attached hydrogens (tertiary/aromatic N) is 7. The molecule has 0 aliphatic carbocycles. The van der Waals surface area contributed by atoms with Gasteiger partial charge in [-0.05, 0) is 73.6 Å². The lowest BCUT2D eigenvalue weighted by atomic mass is 10.2. The lowest BCUT2D eigenvalue weighted by molar-refractivity contribution is 0.00335. The highest BCUT2D eigenvalue weighted by molar-refractivity contribution is 5.69. The van der Waals surface area contributed by atoms with Gasteiger partial charge in [0, 0.05) is 184 Å². The highest BCUT2D eigenvalue weighted by Crippen LogP contribution is 2.12. The number of carbonyl (C=O) groups excluding carboxylic acids is 4. The zero-order chi connectivity index (χ0) is 66.5. The number of aliphatic hydroxyl groups excluding tert-OH is 4. The van der Waals surface area contributed by atoms with Crippen molar-refractivity contribution in [1.82, 2.24) is 44.9 Å². The molecule has 0 aromatic heterocycles. The Hall–Kier alpha value is -3.64. The molecule has 6 saturated heterocycles. The van der Waals surface area contributed by atoms with Crippen LogP contribution in [0.2, 0.25) is 0 Å². The third-order valence-corrected chi connectivity index (χ3v) is 14.6. The van der Waals surface area contributed by atoms with Crippen LogP contribution in [0, 0.1) is 0 Å². The third-order valence-electron chi connectivity index (χ3n) is 14.6. The lowest BCUT2D eigenvalue weighted by Crippen LogP contribution is -2.49. The van der Waals surface area contributed by atoms with Gasteiger partial charge in [0.1, 0.15) is 12.2 Å². The molecule has 4 amide bonds. The van der Waals surface area contributed by atoms with Crippen LogP contribution in [-0.2, 0) is 56.8 Å². The topological polar surface area (TPSA) is 339 Å². The van der Waals surface area contributed by atoms with Gasteiger partial charge in [0.25, 0.3) is 0 Å². The normalized spacial score (nSPS) is 19.7. The molecular formula is C61H122N10O20. The Morgan fingerprint density at radius 2 is 0.769 bits per heavy atom. The summed E-state index contributed by atoms with van der Waals surface area (Å²) in [5.41, 5.74) is 5.36. The molecule has 0 spiro atoms. The molecule has 0 aromatic carbocycles. The quantitative estimate of drug-likeness (QED) is 0.0245. The van der Waals surface area contributed by atoms with E-state index in [1.165, 1.54) is 0 Å². The fourth-order valence-corrected chi connectivity index (χ4v) is 9.07. The maximum absolute atomic E-state index is 11.7. The fourth-order valence-electron chi connectivity index (χ4n) is 9.07. The average Bonchev–Trinajstić information content (AvgIpc) is 4.74. The molecule has 30 nitrogen and oxygen atoms in total. The van der Waals surface area contributed by atoms with Crippen molar-refractivity contribution in [2.75, 3.05) is 263 Å². The first kappa shape index (κ1) is 83.5. The Labute approximate surface area is 543 Å². The van der Waals surface area contributed by atoms with Gasteiger partial charge in [0.05, 0.1) is 104 Å². The molecule has 0 aromatic rings. The molecule has 6 aliphatic heterocycles. The van der Waals surface area contributed by atoms with Crippen molar-refractivity contribution in [2.24, 2.45) is 5.73 Å². The second-order valence-electron chi connectivity index (χ2n) is 22.2. The van der Waals surface area contributed by atoms with E-state index in [1.807, 2.05) is 34.6 Å². The van der Waals surface area contributed by atoms with Crippen molar-refractivity contribution in [1.29, 1.82) is 0 Å². The van der Waals surface area contributed by atoms with Crippen molar-refractivity contribution < 1.29 is 96.4 Å². The van der Waals surface area contributed by atoms with Gasteiger partial charge in [-0.3, -0.25) is 14.7 Å². The molecule has 6 unspecified atom stereocenters. The molecular weight excluding hydrogens is 1190 g/mol. The van der Waals surface area contributed by atoms with E-state index in [0.29, 0.717) is 183 Å². The molecule has 6 atom stereocenters. The summed E-state index contributed by atoms with van der Waals surface area (Å²) in [5.74, 6) is 0. The fraction of sp³-hybridized carbons (Fsp3) is 0.934. The Morgan fingerprint density at radius 3 is 1.10 bits per heavy atom. The average molecular weight is 1320 g/mol. The van der Waals surface area contributed by atoms with Gasteiger partial charge in [-0.25, -0.2) is 19.2 Å². The number of epoxide rings is 2. The number of nitrogens with one attached hydrogen (secondary N) is 2. The van der Waals surface area contributed by atoms with E-state index in [9.17, 15) is 39.6 Å². The van der Waals surface area contributed by atoms with Crippen molar-refractivity contribution in [3.8, 4) is 0 Å². The summed E-state index contributed by atoms with van der Waals surface area (Å²) in [4.78, 5) is 59.6. The van der Waals surface area contributed by atoms with Crippen LogP contribution in [0.1, 0.15) is 73.6 Å². The Balaban J connectivity index is 0.000000413. The van der Waals surface area contributed by atoms with Gasteiger partial charge in [-0.1, -0.05) is 0 Å². The maximum Gasteiger partial charge on any atom is 0.409 e. The van der Waals surface area contributed by atoms with Crippen molar-refractivity contribution in [3.05, 3.63) is 0 Å². The monoisotopic (exact) mass is 1310 g/mol. The predicted molar refractivity (Wildman–Crippen MR) is 341 cm³/mol. The second kappa shape index (κ2) is 55.6. The Kier molecular flexibility index (Phi) is 51.0. The van der Waals surface area contributed by atoms with E-state index < -0.39 is 24.4 Å². The third kappa shape index (κ3) is 45.4. The van der Waals surface area contributed by atoms with Crippen LogP contribution >= 0.6 is 0 Å². The first-order valence-corrected chi connectivity index (χ1v) is 33.6. The van der Waals surface area contributed by atoms with Gasteiger partial charge < -0.3 is 113 Å². The maximum atomic E-state index is 11.7. The number of nitrogens with two attached hydrogens (primary N) is 1. The largest absolute Gasteiger partial charge is 0.450 e. The highest BCUT2D eigenvalue weighted by Gasteiger charge is 2.26. The molecule has 6 rings (SSSR count). The van der Waals surface area contributed by atoms with Crippen LogP contribution in [-0.4, -0.2) is 379 Å². The van der Waals surface area contributed by atoms with Gasteiger partial charge in [0.2, 0.25) is 0 Å². The number of ether oxygens (including phenoxy) is 12. The van der Waals surface area contributed by atoms with Gasteiger partial charge in [0.15, 0.2) is 0 Å². The van der Waals surface area contributed by atoms with E-state index in [0.717, 1.165) is 118 Å². The minimum Gasteiger partial charge on any atom is -0.450 e. The number of amides is 4. The van der Waals surface area contributed by atoms with Crippen LogP contribution < -0.4 is 16.4 Å². The number of hydrogen-bond donors (Lipinski definition) is 7. The molecule has 0 bridgehead atoms. The summed E-state index contributed by atoms with van der Waals surface area (Å²) in [5, 5.41) is 45.6. The Bertz CT molecular complexity index is 1750. The van der Waals surface area contributed by atoms with Crippen LogP contribution in [0.15, 0.2) is 0 Å². The second-order valence-corrected chi connectivity index (χ2v) is 22.2. The van der Waals surface area contributed by atoms with E-state index in [-0.39, 0.29) is 31.0 Å². The zero-order valence-corrected chi connectivity index (χ0v) is 56.3. The number of hydrogen-bond acceptors (Lipinski definition) is 26. The smallest absolute Gasteiger partial charge is 0.409 e. The van der Waals surface area contributed by atoms with Crippen LogP contribution in [0.3, 0.4) is 0 Å². The van der Waals surface area contributed by atoms with E-state index in [2.05, 4.69) is 25.3 Å². The molecule has 30 heteroatoms. The van der Waals surface area contributed by atoms with E-state index in [1.54, 1.807) is 26.5 Å². The predicted octanol–water partition coefficient (Wildman–Crippen LogP) is 0.195. The van der Waals surface area contributed by atoms with Gasteiger partial charge in [-0.15, -0.1) is 0 Å². The first-order valence-electron chi connectivity index (χ1n) is 33.6. The molecule has 6 aliphatic rings. The summed E-state index contributed by atoms with van der Waals surface area (Å²) in [7, 11) is 0. The summed E-state index contributed by atoms with van der Waals surface area (Å²) >= 11 is 0. The molecule has 0 radical (unpaired) electrons. The number of rotatable bonds is 39. The molecule has 6 fully saturated rings. The van der Waals surface area contributed by atoms with E-state index >= 15 is 0 Å².